The summed E-state index contributed by atoms with van der Waals surface area (Å²) in [6.45, 7) is 0.398. The van der Waals surface area contributed by atoms with Crippen LogP contribution in [0.3, 0.4) is 0 Å². The maximum Gasteiger partial charge on any atom is 0.407 e. The van der Waals surface area contributed by atoms with E-state index >= 15 is 0 Å². The van der Waals surface area contributed by atoms with E-state index in [1.54, 1.807) is 0 Å². The molecule has 0 aromatic carbocycles. The van der Waals surface area contributed by atoms with E-state index < -0.39 is 22.1 Å². The molecule has 2 rings (SSSR count). The lowest BCUT2D eigenvalue weighted by atomic mass is 10.3. The molecule has 21 heavy (non-hydrogen) atoms. The second-order valence-corrected chi connectivity index (χ2v) is 7.66. The highest BCUT2D eigenvalue weighted by Crippen LogP contribution is 2.27. The van der Waals surface area contributed by atoms with Gasteiger partial charge in [0.2, 0.25) is 0 Å². The number of carbonyl (C=O) groups excluding carboxylic acids is 1. The number of hydrogen-bond acceptors (Lipinski definition) is 6. The van der Waals surface area contributed by atoms with Crippen LogP contribution >= 0.6 is 11.3 Å². The van der Waals surface area contributed by atoms with Crippen LogP contribution in [-0.2, 0) is 14.8 Å². The molecule has 1 unspecified atom stereocenters. The van der Waals surface area contributed by atoms with Gasteiger partial charge in [0.15, 0.2) is 0 Å². The van der Waals surface area contributed by atoms with Crippen LogP contribution in [0.25, 0.3) is 0 Å². The Morgan fingerprint density at radius 3 is 2.76 bits per heavy atom. The van der Waals surface area contributed by atoms with Gasteiger partial charge in [0, 0.05) is 19.1 Å². The van der Waals surface area contributed by atoms with Crippen molar-refractivity contribution in [3.8, 4) is 0 Å². The summed E-state index contributed by atoms with van der Waals surface area (Å²) in [6, 6.07) is 2.23. The molecule has 0 radical (unpaired) electrons. The lowest BCUT2D eigenvalue weighted by Crippen LogP contribution is -2.38. The van der Waals surface area contributed by atoms with E-state index in [9.17, 15) is 18.0 Å². The number of alkyl carbamates (subject to hydrolysis) is 1. The van der Waals surface area contributed by atoms with Gasteiger partial charge in [-0.3, -0.25) is 0 Å². The second kappa shape index (κ2) is 6.00. The van der Waals surface area contributed by atoms with Crippen LogP contribution < -0.4 is 5.32 Å². The highest BCUT2D eigenvalue weighted by atomic mass is 32.2. The van der Waals surface area contributed by atoms with Crippen LogP contribution in [0.5, 0.6) is 0 Å². The average molecular weight is 334 g/mol. The van der Waals surface area contributed by atoms with Crippen LogP contribution in [-0.4, -0.2) is 56.1 Å². The number of carboxylic acid groups (broad SMARTS) is 1. The number of aromatic carboxylic acids is 1. The van der Waals surface area contributed by atoms with Gasteiger partial charge in [0.25, 0.3) is 10.0 Å². The van der Waals surface area contributed by atoms with Gasteiger partial charge in [0.1, 0.15) is 9.09 Å². The third-order valence-corrected chi connectivity index (χ3v) is 6.45. The Morgan fingerprint density at radius 2 is 2.19 bits per heavy atom. The molecule has 116 valence electrons. The maximum absolute atomic E-state index is 12.4. The predicted molar refractivity (Wildman–Crippen MR) is 74.0 cm³/mol. The number of nitrogens with zero attached hydrogens (tertiary/aromatic N) is 1. The van der Waals surface area contributed by atoms with Gasteiger partial charge in [-0.05, 0) is 18.6 Å². The molecule has 0 aliphatic carbocycles. The Balaban J connectivity index is 2.10. The first-order chi connectivity index (χ1) is 9.84. The normalized spacial score (nSPS) is 19.4. The van der Waals surface area contributed by atoms with Crippen molar-refractivity contribution in [2.75, 3.05) is 20.2 Å². The molecule has 0 saturated carbocycles. The van der Waals surface area contributed by atoms with Crippen LogP contribution in [0.2, 0.25) is 0 Å². The molecular weight excluding hydrogens is 320 g/mol. The smallest absolute Gasteiger partial charge is 0.407 e. The molecule has 1 saturated heterocycles. The Kier molecular flexibility index (Phi) is 4.49. The summed E-state index contributed by atoms with van der Waals surface area (Å²) in [6.07, 6.45) is -0.130. The van der Waals surface area contributed by atoms with E-state index in [4.69, 9.17) is 5.11 Å². The SMILES string of the molecule is COC(=O)NC1CCN(S(=O)(=O)c2ccc(C(=O)O)s2)C1. The van der Waals surface area contributed by atoms with Crippen LogP contribution in [0.15, 0.2) is 16.3 Å². The number of rotatable bonds is 4. The summed E-state index contributed by atoms with van der Waals surface area (Å²) >= 11 is 0.713. The zero-order valence-electron chi connectivity index (χ0n) is 11.1. The van der Waals surface area contributed by atoms with Crippen molar-refractivity contribution in [3.63, 3.8) is 0 Å². The highest BCUT2D eigenvalue weighted by molar-refractivity contribution is 7.91. The molecule has 0 spiro atoms. The topological polar surface area (TPSA) is 113 Å². The van der Waals surface area contributed by atoms with Gasteiger partial charge >= 0.3 is 12.1 Å². The van der Waals surface area contributed by atoms with Crippen LogP contribution in [0.1, 0.15) is 16.1 Å². The zero-order chi connectivity index (χ0) is 15.6. The van der Waals surface area contributed by atoms with Crippen molar-refractivity contribution in [1.82, 2.24) is 9.62 Å². The molecule has 10 heteroatoms. The first-order valence-corrected chi connectivity index (χ1v) is 8.28. The van der Waals surface area contributed by atoms with Crippen LogP contribution in [0.4, 0.5) is 4.79 Å². The van der Waals surface area contributed by atoms with Gasteiger partial charge in [-0.25, -0.2) is 18.0 Å². The fourth-order valence-corrected chi connectivity index (χ4v) is 4.79. The number of carbonyl (C=O) groups is 2. The Bertz CT molecular complexity index is 653. The van der Waals surface area contributed by atoms with Crippen molar-refractivity contribution in [1.29, 1.82) is 0 Å². The van der Waals surface area contributed by atoms with Crippen molar-refractivity contribution >= 4 is 33.4 Å². The molecule has 1 amide bonds. The van der Waals surface area contributed by atoms with Gasteiger partial charge in [-0.15, -0.1) is 11.3 Å². The zero-order valence-corrected chi connectivity index (χ0v) is 12.7. The molecule has 1 fully saturated rings. The Labute approximate surface area is 125 Å². The van der Waals surface area contributed by atoms with Gasteiger partial charge < -0.3 is 15.2 Å². The van der Waals surface area contributed by atoms with E-state index in [-0.39, 0.29) is 28.2 Å². The first-order valence-electron chi connectivity index (χ1n) is 6.02. The molecule has 1 aromatic heterocycles. The minimum Gasteiger partial charge on any atom is -0.477 e. The summed E-state index contributed by atoms with van der Waals surface area (Å²) in [5.41, 5.74) is 0. The molecule has 1 aromatic rings. The van der Waals surface area contributed by atoms with Crippen molar-refractivity contribution in [2.45, 2.75) is 16.7 Å². The largest absolute Gasteiger partial charge is 0.477 e. The van der Waals surface area contributed by atoms with E-state index in [0.717, 1.165) is 0 Å². The maximum atomic E-state index is 12.4. The number of nitrogens with one attached hydrogen (secondary N) is 1. The number of ether oxygens (including phenoxy) is 1. The summed E-state index contributed by atoms with van der Waals surface area (Å²) in [5, 5.41) is 11.4. The second-order valence-electron chi connectivity index (χ2n) is 4.41. The Hall–Kier alpha value is -1.65. The summed E-state index contributed by atoms with van der Waals surface area (Å²) in [5.74, 6) is -1.16. The average Bonchev–Trinajstić information content (AvgIpc) is 3.07. The number of amides is 1. The van der Waals surface area contributed by atoms with Crippen molar-refractivity contribution in [3.05, 3.63) is 17.0 Å². The quantitative estimate of drug-likeness (QED) is 0.832. The third-order valence-electron chi connectivity index (χ3n) is 3.04. The standard InChI is InChI=1S/C11H14N2O6S2/c1-19-11(16)12-7-4-5-13(6-7)21(17,18)9-3-2-8(20-9)10(14)15/h2-3,7H,4-6H2,1H3,(H,12,16)(H,14,15). The van der Waals surface area contributed by atoms with Crippen molar-refractivity contribution in [2.24, 2.45) is 0 Å². The molecular formula is C11H14N2O6S2. The van der Waals surface area contributed by atoms with Gasteiger partial charge in [-0.1, -0.05) is 0 Å². The summed E-state index contributed by atoms with van der Waals surface area (Å²) in [4.78, 5) is 21.9. The number of carboxylic acids is 1. The minimum absolute atomic E-state index is 0.0152. The molecule has 1 aliphatic rings. The molecule has 1 atom stereocenters. The highest BCUT2D eigenvalue weighted by Gasteiger charge is 2.34. The lowest BCUT2D eigenvalue weighted by Gasteiger charge is -2.15. The van der Waals surface area contributed by atoms with E-state index in [0.29, 0.717) is 17.8 Å². The molecule has 1 aliphatic heterocycles. The summed E-state index contributed by atoms with van der Waals surface area (Å²) < 4.78 is 30.4. The minimum atomic E-state index is -3.73. The fraction of sp³-hybridized carbons (Fsp3) is 0.455. The third kappa shape index (κ3) is 3.34. The predicted octanol–water partition coefficient (Wildman–Crippen LogP) is 0.565. The lowest BCUT2D eigenvalue weighted by molar-refractivity contribution is 0.0702. The molecule has 8 nitrogen and oxygen atoms in total. The molecule has 2 N–H and O–H groups in total. The number of thiophene rings is 1. The fourth-order valence-electron chi connectivity index (χ4n) is 1.99. The number of methoxy groups -OCH3 is 1. The molecule has 2 heterocycles. The van der Waals surface area contributed by atoms with E-state index in [1.807, 2.05) is 0 Å². The van der Waals surface area contributed by atoms with Crippen molar-refractivity contribution < 1.29 is 27.9 Å². The van der Waals surface area contributed by atoms with E-state index in [1.165, 1.54) is 23.5 Å². The molecule has 0 bridgehead atoms. The Morgan fingerprint density at radius 1 is 1.48 bits per heavy atom. The van der Waals surface area contributed by atoms with Crippen LogP contribution in [0, 0.1) is 0 Å². The number of hydrogen-bond donors (Lipinski definition) is 2. The number of sulfonamides is 1. The van der Waals surface area contributed by atoms with Gasteiger partial charge in [0.05, 0.1) is 7.11 Å². The van der Waals surface area contributed by atoms with Gasteiger partial charge in [-0.2, -0.15) is 4.31 Å². The monoisotopic (exact) mass is 334 g/mol. The first kappa shape index (κ1) is 15.7. The van der Waals surface area contributed by atoms with E-state index in [2.05, 4.69) is 10.1 Å². The summed E-state index contributed by atoms with van der Waals surface area (Å²) in [7, 11) is -2.50.